The van der Waals surface area contributed by atoms with Crippen molar-refractivity contribution in [1.82, 2.24) is 4.72 Å². The third-order valence-electron chi connectivity index (χ3n) is 6.17. The Kier molecular flexibility index (Phi) is 11.4. The summed E-state index contributed by atoms with van der Waals surface area (Å²) in [5.74, 6) is 0. The van der Waals surface area contributed by atoms with Crippen molar-refractivity contribution in [2.45, 2.75) is 109 Å². The van der Waals surface area contributed by atoms with Crippen molar-refractivity contribution in [1.29, 1.82) is 0 Å². The quantitative estimate of drug-likeness (QED) is 0.195. The first-order valence-electron chi connectivity index (χ1n) is 11.9. The molecule has 0 amide bonds. The van der Waals surface area contributed by atoms with Gasteiger partial charge in [0.25, 0.3) is 0 Å². The maximum absolute atomic E-state index is 12.7. The van der Waals surface area contributed by atoms with Crippen LogP contribution in [0.3, 0.4) is 0 Å². The number of benzene rings is 1. The van der Waals surface area contributed by atoms with Crippen LogP contribution in [0.25, 0.3) is 0 Å². The third-order valence-corrected chi connectivity index (χ3v) is 13.9. The number of rotatable bonds is 12. The molecule has 178 valence electrons. The molecule has 1 rings (SSSR count). The van der Waals surface area contributed by atoms with Crippen LogP contribution in [0, 0.1) is 0 Å². The smallest absolute Gasteiger partial charge is 0.200 e. The maximum atomic E-state index is 12.7. The van der Waals surface area contributed by atoms with E-state index < -0.39 is 19.3 Å². The molecule has 0 fully saturated rings. The average Bonchev–Trinajstić information content (AvgIpc) is 2.66. The summed E-state index contributed by atoms with van der Waals surface area (Å²) in [5, 5.41) is 0. The normalized spacial score (nSPS) is 15.7. The summed E-state index contributed by atoms with van der Waals surface area (Å²) in [4.78, 5) is 0. The van der Waals surface area contributed by atoms with Crippen LogP contribution in [-0.2, 0) is 15.4 Å². The number of allylic oxidation sites excluding steroid dienone is 1. The molecule has 0 saturated carbocycles. The summed E-state index contributed by atoms with van der Waals surface area (Å²) in [6.45, 7) is 23.0. The third kappa shape index (κ3) is 8.27. The van der Waals surface area contributed by atoms with Gasteiger partial charge in [0.1, 0.15) is 0 Å². The minimum Gasteiger partial charge on any atom is -0.416 e. The largest absolute Gasteiger partial charge is 0.416 e. The van der Waals surface area contributed by atoms with Crippen molar-refractivity contribution < 1.29 is 8.63 Å². The van der Waals surface area contributed by atoms with Crippen molar-refractivity contribution in [3.8, 4) is 0 Å². The molecule has 0 aliphatic rings. The van der Waals surface area contributed by atoms with Gasteiger partial charge in [-0.1, -0.05) is 83.5 Å². The van der Waals surface area contributed by atoms with Crippen LogP contribution < -0.4 is 4.72 Å². The van der Waals surface area contributed by atoms with Crippen LogP contribution in [0.2, 0.25) is 16.6 Å². The Morgan fingerprint density at radius 2 is 1.55 bits per heavy atom. The molecular formula is C26H47NO2SSi. The first kappa shape index (κ1) is 28.3. The van der Waals surface area contributed by atoms with E-state index in [0.717, 1.165) is 25.0 Å². The lowest BCUT2D eigenvalue weighted by Crippen LogP contribution is -2.47. The van der Waals surface area contributed by atoms with Gasteiger partial charge in [-0.15, -0.1) is 0 Å². The van der Waals surface area contributed by atoms with E-state index in [1.165, 1.54) is 5.57 Å². The van der Waals surface area contributed by atoms with Crippen molar-refractivity contribution in [2.24, 2.45) is 0 Å². The topological polar surface area (TPSA) is 38.3 Å². The molecule has 0 aliphatic heterocycles. The molecule has 0 radical (unpaired) electrons. The molecule has 3 nitrogen and oxygen atoms in total. The van der Waals surface area contributed by atoms with Gasteiger partial charge < -0.3 is 4.43 Å². The molecule has 1 aromatic carbocycles. The lowest BCUT2D eigenvalue weighted by molar-refractivity contribution is 0.272. The molecule has 0 aliphatic carbocycles. The fraction of sp³-hybridized carbons (Fsp3) is 0.692. The fourth-order valence-electron chi connectivity index (χ4n) is 4.62. The van der Waals surface area contributed by atoms with Gasteiger partial charge >= 0.3 is 0 Å². The average molecular weight is 466 g/mol. The van der Waals surface area contributed by atoms with E-state index >= 15 is 0 Å². The summed E-state index contributed by atoms with van der Waals surface area (Å²) in [6, 6.07) is 10.2. The number of hydrogen-bond donors (Lipinski definition) is 1. The molecule has 5 heteroatoms. The molecule has 0 bridgehead atoms. The Morgan fingerprint density at radius 1 is 1.03 bits per heavy atom. The molecule has 0 saturated heterocycles. The van der Waals surface area contributed by atoms with Crippen LogP contribution in [-0.4, -0.2) is 23.9 Å². The van der Waals surface area contributed by atoms with Crippen molar-refractivity contribution in [2.75, 3.05) is 6.61 Å². The molecule has 2 atom stereocenters. The van der Waals surface area contributed by atoms with Gasteiger partial charge in [-0.25, -0.2) is 8.93 Å². The Labute approximate surface area is 196 Å². The SMILES string of the molecule is C/C(=C\C(NS(=O)C(C)(C)C)c1ccccc1)CCCO[Si](C(C)C)(C(C)C)C(C)C. The second-order valence-corrected chi connectivity index (χ2v) is 18.1. The molecule has 2 unspecified atom stereocenters. The summed E-state index contributed by atoms with van der Waals surface area (Å²) in [6.07, 6.45) is 4.25. The van der Waals surface area contributed by atoms with Gasteiger partial charge in [0.2, 0.25) is 0 Å². The van der Waals surface area contributed by atoms with Crippen LogP contribution in [0.15, 0.2) is 42.0 Å². The van der Waals surface area contributed by atoms with E-state index in [0.29, 0.717) is 16.6 Å². The van der Waals surface area contributed by atoms with Crippen LogP contribution in [0.5, 0.6) is 0 Å². The van der Waals surface area contributed by atoms with E-state index in [1.807, 2.05) is 39.0 Å². The lowest BCUT2D eigenvalue weighted by Gasteiger charge is -2.42. The summed E-state index contributed by atoms with van der Waals surface area (Å²) in [7, 11) is -2.93. The predicted molar refractivity (Wildman–Crippen MR) is 140 cm³/mol. The van der Waals surface area contributed by atoms with Crippen molar-refractivity contribution >= 4 is 19.3 Å². The lowest BCUT2D eigenvalue weighted by atomic mass is 10.0. The standard InChI is InChI=1S/C26H47NO2SSi/c1-20(2)31(21(3)4,22(5)6)29-18-14-15-23(7)19-25(24-16-12-11-13-17-24)27-30(28)26(8,9)10/h11-13,16-17,19-22,25,27H,14-15,18H2,1-10H3/b23-19+. The van der Waals surface area contributed by atoms with E-state index in [4.69, 9.17) is 4.43 Å². The highest BCUT2D eigenvalue weighted by Crippen LogP contribution is 2.42. The van der Waals surface area contributed by atoms with Gasteiger partial charge in [-0.2, -0.15) is 0 Å². The Balaban J connectivity index is 2.85. The zero-order valence-electron chi connectivity index (χ0n) is 21.6. The fourth-order valence-corrected chi connectivity index (χ4v) is 10.9. The second kappa shape index (κ2) is 12.5. The van der Waals surface area contributed by atoms with E-state index in [9.17, 15) is 4.21 Å². The molecule has 31 heavy (non-hydrogen) atoms. The Bertz CT molecular complexity index is 686. The minimum absolute atomic E-state index is 0.0577. The summed E-state index contributed by atoms with van der Waals surface area (Å²) in [5.41, 5.74) is 4.29. The molecule has 1 N–H and O–H groups in total. The van der Waals surface area contributed by atoms with Gasteiger partial charge in [-0.3, -0.25) is 0 Å². The van der Waals surface area contributed by atoms with Crippen molar-refractivity contribution in [3.63, 3.8) is 0 Å². The van der Waals surface area contributed by atoms with Gasteiger partial charge in [0.05, 0.1) is 21.8 Å². The van der Waals surface area contributed by atoms with Gasteiger partial charge in [0, 0.05) is 6.61 Å². The predicted octanol–water partition coefficient (Wildman–Crippen LogP) is 7.70. The van der Waals surface area contributed by atoms with Gasteiger partial charge in [0.15, 0.2) is 8.32 Å². The van der Waals surface area contributed by atoms with E-state index in [2.05, 4.69) is 71.4 Å². The molecule has 1 aromatic rings. The molecule has 0 heterocycles. The Morgan fingerprint density at radius 3 is 2.00 bits per heavy atom. The molecular weight excluding hydrogens is 418 g/mol. The Hall–Kier alpha value is -0.753. The van der Waals surface area contributed by atoms with Crippen molar-refractivity contribution in [3.05, 3.63) is 47.5 Å². The van der Waals surface area contributed by atoms with Crippen LogP contribution in [0.1, 0.15) is 93.7 Å². The zero-order valence-corrected chi connectivity index (χ0v) is 23.4. The van der Waals surface area contributed by atoms with Crippen LogP contribution in [0.4, 0.5) is 0 Å². The van der Waals surface area contributed by atoms with E-state index in [-0.39, 0.29) is 10.8 Å². The minimum atomic E-state index is -1.80. The van der Waals surface area contributed by atoms with E-state index in [1.54, 1.807) is 0 Å². The second-order valence-electron chi connectivity index (χ2n) is 10.7. The number of nitrogens with one attached hydrogen (secondary N) is 1. The molecule has 0 aromatic heterocycles. The highest BCUT2D eigenvalue weighted by molar-refractivity contribution is 7.84. The molecule has 0 spiro atoms. The first-order valence-corrected chi connectivity index (χ1v) is 15.2. The maximum Gasteiger partial charge on any atom is 0.200 e. The van der Waals surface area contributed by atoms with Gasteiger partial charge in [-0.05, 0) is 62.7 Å². The summed E-state index contributed by atoms with van der Waals surface area (Å²) >= 11 is 0. The number of hydrogen-bond acceptors (Lipinski definition) is 2. The zero-order chi connectivity index (χ0) is 23.8. The summed E-state index contributed by atoms with van der Waals surface area (Å²) < 4.78 is 22.5. The monoisotopic (exact) mass is 465 g/mol. The highest BCUT2D eigenvalue weighted by Gasteiger charge is 2.44. The first-order chi connectivity index (χ1) is 14.3. The van der Waals surface area contributed by atoms with Crippen LogP contribution >= 0.6 is 0 Å². The highest BCUT2D eigenvalue weighted by atomic mass is 32.2.